The van der Waals surface area contributed by atoms with Crippen LogP contribution in [0, 0.1) is 0 Å². The van der Waals surface area contributed by atoms with E-state index in [-0.39, 0.29) is 0 Å². The van der Waals surface area contributed by atoms with Crippen LogP contribution in [-0.2, 0) is 0 Å². The van der Waals surface area contributed by atoms with Crippen molar-refractivity contribution >= 4 is 11.6 Å². The Kier molecular flexibility index (Phi) is 4.78. The first-order valence-corrected chi connectivity index (χ1v) is 8.58. The zero-order valence-electron chi connectivity index (χ0n) is 14.3. The highest BCUT2D eigenvalue weighted by Crippen LogP contribution is 2.25. The smallest absolute Gasteiger partial charge is 0.227 e. The number of hydrogen-bond acceptors (Lipinski definition) is 5. The average molecular weight is 345 g/mol. The maximum atomic E-state index is 5.83. The van der Waals surface area contributed by atoms with Crippen LogP contribution in [0.25, 0.3) is 11.3 Å². The monoisotopic (exact) mass is 345 g/mol. The molecule has 0 amide bonds. The van der Waals surface area contributed by atoms with E-state index < -0.39 is 0 Å². The molecule has 6 bridgehead atoms. The van der Waals surface area contributed by atoms with Gasteiger partial charge in [-0.2, -0.15) is 0 Å². The standard InChI is InChI=1S/C21H19N3O2/c1-2-12-25-18-8-4-6-16(14-18)20-10-11-22-21(24-20)23-17-7-5-9-19(15-17)26-13-3-1/h1,3-11,14-15H,2,12-13H2,(H,22,23,24)/b3-1+. The summed E-state index contributed by atoms with van der Waals surface area (Å²) in [5.41, 5.74) is 2.71. The zero-order chi connectivity index (χ0) is 17.6. The number of hydrogen-bond donors (Lipinski definition) is 1. The van der Waals surface area contributed by atoms with Crippen LogP contribution in [0.5, 0.6) is 11.5 Å². The molecule has 1 aliphatic heterocycles. The third kappa shape index (κ3) is 4.00. The van der Waals surface area contributed by atoms with Gasteiger partial charge in [-0.15, -0.1) is 0 Å². The van der Waals surface area contributed by atoms with Gasteiger partial charge in [-0.05, 0) is 36.8 Å². The van der Waals surface area contributed by atoms with E-state index in [2.05, 4.69) is 21.4 Å². The maximum Gasteiger partial charge on any atom is 0.227 e. The van der Waals surface area contributed by atoms with Crippen molar-refractivity contribution < 1.29 is 9.47 Å². The summed E-state index contributed by atoms with van der Waals surface area (Å²) in [6.45, 7) is 1.14. The second-order valence-electron chi connectivity index (χ2n) is 5.87. The Morgan fingerprint density at radius 1 is 0.885 bits per heavy atom. The lowest BCUT2D eigenvalue weighted by atomic mass is 10.1. The predicted octanol–water partition coefficient (Wildman–Crippen LogP) is 4.60. The normalized spacial score (nSPS) is 14.9. The van der Waals surface area contributed by atoms with Gasteiger partial charge in [0.2, 0.25) is 5.95 Å². The number of ether oxygens (including phenoxy) is 2. The highest BCUT2D eigenvalue weighted by atomic mass is 16.5. The van der Waals surface area contributed by atoms with E-state index in [1.807, 2.05) is 60.7 Å². The molecule has 2 aromatic carbocycles. The van der Waals surface area contributed by atoms with Crippen molar-refractivity contribution in [1.82, 2.24) is 9.97 Å². The summed E-state index contributed by atoms with van der Waals surface area (Å²) in [4.78, 5) is 8.93. The van der Waals surface area contributed by atoms with Crippen LogP contribution in [0.2, 0.25) is 0 Å². The van der Waals surface area contributed by atoms with Crippen molar-refractivity contribution in [3.05, 3.63) is 72.9 Å². The van der Waals surface area contributed by atoms with E-state index in [1.165, 1.54) is 0 Å². The Labute approximate surface area is 152 Å². The van der Waals surface area contributed by atoms with E-state index in [4.69, 9.17) is 9.47 Å². The number of aromatic nitrogens is 2. The van der Waals surface area contributed by atoms with Crippen LogP contribution >= 0.6 is 0 Å². The minimum Gasteiger partial charge on any atom is -0.493 e. The predicted molar refractivity (Wildman–Crippen MR) is 102 cm³/mol. The summed E-state index contributed by atoms with van der Waals surface area (Å²) < 4.78 is 11.6. The van der Waals surface area contributed by atoms with Crippen molar-refractivity contribution in [1.29, 1.82) is 0 Å². The lowest BCUT2D eigenvalue weighted by molar-refractivity contribution is 0.324. The van der Waals surface area contributed by atoms with Crippen LogP contribution in [-0.4, -0.2) is 23.2 Å². The Bertz CT molecular complexity index is 924. The molecular weight excluding hydrogens is 326 g/mol. The highest BCUT2D eigenvalue weighted by molar-refractivity contribution is 5.63. The van der Waals surface area contributed by atoms with E-state index in [9.17, 15) is 0 Å². The maximum absolute atomic E-state index is 5.83. The van der Waals surface area contributed by atoms with Gasteiger partial charge in [-0.1, -0.05) is 30.4 Å². The number of benzene rings is 2. The minimum atomic E-state index is 0.519. The summed E-state index contributed by atoms with van der Waals surface area (Å²) in [5.74, 6) is 2.16. The molecule has 0 saturated heterocycles. The van der Waals surface area contributed by atoms with Gasteiger partial charge < -0.3 is 14.8 Å². The molecule has 2 heterocycles. The first-order chi connectivity index (χ1) is 12.9. The SMILES string of the molecule is C1=C/COc2cccc(c2)Nc2nccc(n2)-c2cccc(c2)OCC/1. The number of fused-ring (bicyclic) bond motifs is 7. The van der Waals surface area contributed by atoms with Crippen LogP contribution in [0.15, 0.2) is 72.9 Å². The van der Waals surface area contributed by atoms with Crippen LogP contribution in [0.3, 0.4) is 0 Å². The molecule has 1 aliphatic rings. The third-order valence-electron chi connectivity index (χ3n) is 3.94. The molecule has 1 N–H and O–H groups in total. The quantitative estimate of drug-likeness (QED) is 0.603. The van der Waals surface area contributed by atoms with E-state index >= 15 is 0 Å². The molecule has 0 atom stereocenters. The van der Waals surface area contributed by atoms with Crippen molar-refractivity contribution in [3.8, 4) is 22.8 Å². The Morgan fingerprint density at radius 3 is 2.73 bits per heavy atom. The van der Waals surface area contributed by atoms with Gasteiger partial charge in [0, 0.05) is 23.5 Å². The topological polar surface area (TPSA) is 56.3 Å². The van der Waals surface area contributed by atoms with Gasteiger partial charge in [-0.25, -0.2) is 9.97 Å². The second kappa shape index (κ2) is 7.70. The molecule has 0 fully saturated rings. The van der Waals surface area contributed by atoms with Gasteiger partial charge in [0.05, 0.1) is 12.3 Å². The van der Waals surface area contributed by atoms with Gasteiger partial charge in [0.25, 0.3) is 0 Å². The van der Waals surface area contributed by atoms with E-state index in [1.54, 1.807) is 6.20 Å². The summed E-state index contributed by atoms with van der Waals surface area (Å²) in [6, 6.07) is 17.6. The Balaban J connectivity index is 1.69. The molecule has 3 aromatic rings. The summed E-state index contributed by atoms with van der Waals surface area (Å²) in [5, 5.41) is 3.23. The molecule has 1 aromatic heterocycles. The first-order valence-electron chi connectivity index (χ1n) is 8.58. The molecule has 0 saturated carbocycles. The molecule has 0 aliphatic carbocycles. The van der Waals surface area contributed by atoms with Gasteiger partial charge in [-0.3, -0.25) is 0 Å². The lowest BCUT2D eigenvalue weighted by Gasteiger charge is -2.09. The zero-order valence-corrected chi connectivity index (χ0v) is 14.3. The average Bonchev–Trinajstić information content (AvgIpc) is 2.67. The lowest BCUT2D eigenvalue weighted by Crippen LogP contribution is -1.99. The second-order valence-corrected chi connectivity index (χ2v) is 5.87. The summed E-state index contributed by atoms with van der Waals surface area (Å²) in [6.07, 6.45) is 6.65. The van der Waals surface area contributed by atoms with Gasteiger partial charge >= 0.3 is 0 Å². The van der Waals surface area contributed by atoms with Gasteiger partial charge in [0.1, 0.15) is 18.1 Å². The van der Waals surface area contributed by atoms with E-state index in [0.29, 0.717) is 19.2 Å². The molecule has 130 valence electrons. The fraction of sp³-hybridized carbons (Fsp3) is 0.143. The highest BCUT2D eigenvalue weighted by Gasteiger charge is 2.05. The van der Waals surface area contributed by atoms with Gasteiger partial charge in [0.15, 0.2) is 0 Å². The molecule has 4 rings (SSSR count). The number of nitrogens with zero attached hydrogens (tertiary/aromatic N) is 2. The van der Waals surface area contributed by atoms with Crippen molar-refractivity contribution in [2.75, 3.05) is 18.5 Å². The Morgan fingerprint density at radius 2 is 1.77 bits per heavy atom. The fourth-order valence-corrected chi connectivity index (χ4v) is 2.69. The largest absolute Gasteiger partial charge is 0.493 e. The number of rotatable bonds is 0. The van der Waals surface area contributed by atoms with Crippen LogP contribution < -0.4 is 14.8 Å². The third-order valence-corrected chi connectivity index (χ3v) is 3.94. The Hall–Kier alpha value is -3.34. The van der Waals surface area contributed by atoms with Crippen molar-refractivity contribution in [2.45, 2.75) is 6.42 Å². The van der Waals surface area contributed by atoms with E-state index in [0.717, 1.165) is 34.9 Å². The number of nitrogens with one attached hydrogen (secondary N) is 1. The van der Waals surface area contributed by atoms with Crippen LogP contribution in [0.1, 0.15) is 6.42 Å². The van der Waals surface area contributed by atoms with Crippen LogP contribution in [0.4, 0.5) is 11.6 Å². The molecule has 26 heavy (non-hydrogen) atoms. The fourth-order valence-electron chi connectivity index (χ4n) is 2.69. The molecular formula is C21H19N3O2. The molecule has 5 nitrogen and oxygen atoms in total. The van der Waals surface area contributed by atoms with Crippen molar-refractivity contribution in [3.63, 3.8) is 0 Å². The number of anilines is 2. The molecule has 5 heteroatoms. The first kappa shape index (κ1) is 16.1. The minimum absolute atomic E-state index is 0.519. The molecule has 0 unspecified atom stereocenters. The summed E-state index contributed by atoms with van der Waals surface area (Å²) in [7, 11) is 0. The summed E-state index contributed by atoms with van der Waals surface area (Å²) >= 11 is 0. The molecule has 0 spiro atoms. The molecule has 0 radical (unpaired) electrons. The van der Waals surface area contributed by atoms with Crippen molar-refractivity contribution in [2.24, 2.45) is 0 Å².